The Balaban J connectivity index is 1.99. The van der Waals surface area contributed by atoms with E-state index in [0.717, 1.165) is 15.6 Å². The van der Waals surface area contributed by atoms with Gasteiger partial charge < -0.3 is 10.6 Å². The number of sulfonamides is 1. The Bertz CT molecular complexity index is 1410. The van der Waals surface area contributed by atoms with Crippen molar-refractivity contribution < 1.29 is 13.2 Å². The second-order valence-corrected chi connectivity index (χ2v) is 9.67. The molecule has 3 N–H and O–H groups in total. The maximum atomic E-state index is 13.2. The Morgan fingerprint density at radius 3 is 2.38 bits per heavy atom. The van der Waals surface area contributed by atoms with Gasteiger partial charge in [-0.25, -0.2) is 13.2 Å². The summed E-state index contributed by atoms with van der Waals surface area (Å²) in [5.41, 5.74) is 4.95. The number of para-hydroxylation sites is 1. The van der Waals surface area contributed by atoms with Gasteiger partial charge in [-0.05, 0) is 36.8 Å². The lowest BCUT2D eigenvalue weighted by molar-refractivity contribution is 0.0992. The molecule has 0 saturated carbocycles. The molecule has 0 radical (unpaired) electrons. The Labute approximate surface area is 197 Å². The summed E-state index contributed by atoms with van der Waals surface area (Å²) in [6.07, 6.45) is 1.45. The number of aromatic nitrogens is 2. The first-order valence-corrected chi connectivity index (χ1v) is 12.1. The fraction of sp³-hybridized carbons (Fsp3) is 0.261. The summed E-state index contributed by atoms with van der Waals surface area (Å²) >= 11 is 0. The predicted octanol–water partition coefficient (Wildman–Crippen LogP) is 2.02. The molecular formula is C23H27N5O5S. The molecule has 34 heavy (non-hydrogen) atoms. The topological polar surface area (TPSA) is 139 Å². The average molecular weight is 486 g/mol. The van der Waals surface area contributed by atoms with Crippen molar-refractivity contribution in [2.24, 2.45) is 0 Å². The first-order chi connectivity index (χ1) is 16.1. The number of carbonyl (C=O) groups is 1. The highest BCUT2D eigenvalue weighted by molar-refractivity contribution is 7.92. The fourth-order valence-corrected chi connectivity index (χ4v) is 4.70. The Kier molecular flexibility index (Phi) is 7.26. The smallest absolute Gasteiger partial charge is 0.330 e. The number of carbonyl (C=O) groups excluding carboxylic acids is 1. The second-order valence-electron chi connectivity index (χ2n) is 7.70. The van der Waals surface area contributed by atoms with Crippen LogP contribution in [0.1, 0.15) is 30.1 Å². The van der Waals surface area contributed by atoms with E-state index in [9.17, 15) is 22.8 Å². The van der Waals surface area contributed by atoms with Crippen LogP contribution in [-0.2, 0) is 16.6 Å². The van der Waals surface area contributed by atoms with Gasteiger partial charge in [-0.3, -0.25) is 23.4 Å². The van der Waals surface area contributed by atoms with Crippen LogP contribution < -0.4 is 26.2 Å². The summed E-state index contributed by atoms with van der Waals surface area (Å²) in [4.78, 5) is 41.0. The van der Waals surface area contributed by atoms with Crippen molar-refractivity contribution in [2.45, 2.75) is 31.2 Å². The van der Waals surface area contributed by atoms with Crippen LogP contribution in [0, 0.1) is 0 Å². The largest absolute Gasteiger partial charge is 0.383 e. The van der Waals surface area contributed by atoms with E-state index in [1.54, 1.807) is 30.3 Å². The highest BCUT2D eigenvalue weighted by Crippen LogP contribution is 2.24. The van der Waals surface area contributed by atoms with E-state index in [2.05, 4.69) is 4.98 Å². The van der Waals surface area contributed by atoms with Crippen LogP contribution in [0.25, 0.3) is 0 Å². The molecule has 0 atom stereocenters. The number of nitrogen functional groups attached to an aromatic ring is 1. The number of hydrogen-bond acceptors (Lipinski definition) is 6. The lowest BCUT2D eigenvalue weighted by Gasteiger charge is -2.22. The van der Waals surface area contributed by atoms with Crippen molar-refractivity contribution >= 4 is 33.1 Å². The third-order valence-electron chi connectivity index (χ3n) is 5.45. The molecule has 0 saturated heterocycles. The summed E-state index contributed by atoms with van der Waals surface area (Å²) in [7, 11) is -1.19. The number of aromatic amines is 1. The predicted molar refractivity (Wildman–Crippen MR) is 132 cm³/mol. The van der Waals surface area contributed by atoms with Gasteiger partial charge in [0.15, 0.2) is 5.69 Å². The number of nitrogens with zero attached hydrogens (tertiary/aromatic N) is 3. The zero-order chi connectivity index (χ0) is 25.0. The molecule has 1 aromatic heterocycles. The van der Waals surface area contributed by atoms with Crippen LogP contribution >= 0.6 is 0 Å². The molecule has 3 rings (SSSR count). The van der Waals surface area contributed by atoms with Crippen LogP contribution in [0.4, 0.5) is 17.2 Å². The average Bonchev–Trinajstić information content (AvgIpc) is 2.83. The van der Waals surface area contributed by atoms with Crippen molar-refractivity contribution in [2.75, 3.05) is 29.0 Å². The summed E-state index contributed by atoms with van der Waals surface area (Å²) in [6.45, 7) is 2.23. The van der Waals surface area contributed by atoms with E-state index >= 15 is 0 Å². The van der Waals surface area contributed by atoms with Crippen molar-refractivity contribution in [1.82, 2.24) is 9.55 Å². The van der Waals surface area contributed by atoms with Gasteiger partial charge in [-0.1, -0.05) is 37.6 Å². The van der Waals surface area contributed by atoms with E-state index in [1.165, 1.54) is 42.9 Å². The molecule has 3 aromatic rings. The molecule has 0 aliphatic rings. The van der Waals surface area contributed by atoms with Gasteiger partial charge in [-0.2, -0.15) is 0 Å². The molecule has 0 aliphatic heterocycles. The van der Waals surface area contributed by atoms with Gasteiger partial charge in [0.05, 0.1) is 10.6 Å². The number of rotatable bonds is 8. The van der Waals surface area contributed by atoms with Crippen LogP contribution in [0.2, 0.25) is 0 Å². The van der Waals surface area contributed by atoms with Crippen molar-refractivity contribution in [3.63, 3.8) is 0 Å². The van der Waals surface area contributed by atoms with Gasteiger partial charge in [0.25, 0.3) is 21.5 Å². The van der Waals surface area contributed by atoms with Crippen molar-refractivity contribution in [3.8, 4) is 0 Å². The van der Waals surface area contributed by atoms with Gasteiger partial charge in [0.2, 0.25) is 0 Å². The maximum Gasteiger partial charge on any atom is 0.330 e. The quantitative estimate of drug-likeness (QED) is 0.501. The van der Waals surface area contributed by atoms with Crippen LogP contribution in [0.3, 0.4) is 0 Å². The van der Waals surface area contributed by atoms with Crippen molar-refractivity contribution in [3.05, 3.63) is 81.0 Å². The van der Waals surface area contributed by atoms with Gasteiger partial charge in [0.1, 0.15) is 5.82 Å². The summed E-state index contributed by atoms with van der Waals surface area (Å²) < 4.78 is 28.6. The summed E-state index contributed by atoms with van der Waals surface area (Å²) in [5, 5.41) is 0. The van der Waals surface area contributed by atoms with E-state index in [4.69, 9.17) is 5.73 Å². The van der Waals surface area contributed by atoms with E-state index in [1.807, 2.05) is 6.92 Å². The minimum atomic E-state index is -3.95. The zero-order valence-corrected chi connectivity index (χ0v) is 20.0. The fourth-order valence-electron chi connectivity index (χ4n) is 3.46. The lowest BCUT2D eigenvalue weighted by Crippen LogP contribution is -2.39. The van der Waals surface area contributed by atoms with E-state index in [-0.39, 0.29) is 28.5 Å². The van der Waals surface area contributed by atoms with Gasteiger partial charge >= 0.3 is 5.69 Å². The number of anilines is 3. The highest BCUT2D eigenvalue weighted by atomic mass is 32.2. The van der Waals surface area contributed by atoms with Gasteiger partial charge in [0, 0.05) is 26.2 Å². The number of amides is 1. The highest BCUT2D eigenvalue weighted by Gasteiger charge is 2.25. The molecule has 0 fully saturated rings. The zero-order valence-electron chi connectivity index (χ0n) is 19.2. The first-order valence-electron chi connectivity index (χ1n) is 10.6. The van der Waals surface area contributed by atoms with Crippen LogP contribution in [0.5, 0.6) is 0 Å². The molecule has 0 aliphatic carbocycles. The molecule has 11 heteroatoms. The van der Waals surface area contributed by atoms with E-state index in [0.29, 0.717) is 12.1 Å². The summed E-state index contributed by atoms with van der Waals surface area (Å²) in [6, 6.07) is 14.0. The third-order valence-corrected chi connectivity index (χ3v) is 7.23. The Hall–Kier alpha value is -3.86. The van der Waals surface area contributed by atoms with Crippen LogP contribution in [-0.4, -0.2) is 38.0 Å². The number of nitrogens with two attached hydrogens (primary N) is 1. The molecule has 180 valence electrons. The molecule has 1 heterocycles. The molecule has 1 amide bonds. The van der Waals surface area contributed by atoms with Gasteiger partial charge in [-0.15, -0.1) is 0 Å². The molecule has 10 nitrogen and oxygen atoms in total. The summed E-state index contributed by atoms with van der Waals surface area (Å²) in [5.74, 6) is -0.789. The van der Waals surface area contributed by atoms with Crippen LogP contribution in [0.15, 0.2) is 69.1 Å². The normalized spacial score (nSPS) is 11.3. The minimum absolute atomic E-state index is 0.0372. The third kappa shape index (κ3) is 4.74. The SMILES string of the molecule is CCCCn1c(N)c(N(C)C(=O)c2cccc(S(=O)(=O)N(C)c3ccccc3)c2)c(=O)[nH]c1=O. The molecule has 2 aromatic carbocycles. The van der Waals surface area contributed by atoms with E-state index < -0.39 is 27.2 Å². The monoisotopic (exact) mass is 485 g/mol. The number of benzene rings is 2. The number of H-pyrrole nitrogens is 1. The Morgan fingerprint density at radius 1 is 1.06 bits per heavy atom. The van der Waals surface area contributed by atoms with Crippen molar-refractivity contribution in [1.29, 1.82) is 0 Å². The maximum absolute atomic E-state index is 13.2. The second kappa shape index (κ2) is 9.96. The minimum Gasteiger partial charge on any atom is -0.383 e. The number of hydrogen-bond donors (Lipinski definition) is 2. The molecule has 0 unspecified atom stereocenters. The molecule has 0 spiro atoms. The molecule has 0 bridgehead atoms. The number of unbranched alkanes of at least 4 members (excludes halogenated alkanes) is 1. The molecular weight excluding hydrogens is 458 g/mol. The Morgan fingerprint density at radius 2 is 1.74 bits per heavy atom. The first kappa shape index (κ1) is 24.8. The number of nitrogens with one attached hydrogen (secondary N) is 1. The lowest BCUT2D eigenvalue weighted by atomic mass is 10.2. The standard InChI is InChI=1S/C23H27N5O5S/c1-4-5-14-28-20(24)19(21(29)25-23(28)31)26(2)22(30)16-10-9-13-18(15-16)34(32,33)27(3)17-11-7-6-8-12-17/h6-13,15H,4-5,14,24H2,1-3H3,(H,25,29,31).